The van der Waals surface area contributed by atoms with Gasteiger partial charge in [-0.25, -0.2) is 0 Å². The smallest absolute Gasteiger partial charge is 0.416 e. The van der Waals surface area contributed by atoms with Gasteiger partial charge >= 0.3 is 6.18 Å². The molecule has 1 fully saturated rings. The Morgan fingerprint density at radius 1 is 1.03 bits per heavy atom. The Morgan fingerprint density at radius 2 is 1.83 bits per heavy atom. The van der Waals surface area contributed by atoms with Crippen LogP contribution in [0.4, 0.5) is 19.0 Å². The summed E-state index contributed by atoms with van der Waals surface area (Å²) in [5.74, 6) is -0.0776. The number of phenolic OH excluding ortho intramolecular Hbond substituents is 1. The number of hydrogen-bond donors (Lipinski definition) is 3. The van der Waals surface area contributed by atoms with Crippen LogP contribution >= 0.6 is 0 Å². The van der Waals surface area contributed by atoms with Gasteiger partial charge < -0.3 is 15.5 Å². The number of nitrogens with zero attached hydrogens (tertiary/aromatic N) is 3. The van der Waals surface area contributed by atoms with Crippen LogP contribution in [0.5, 0.6) is 5.75 Å². The normalized spacial score (nSPS) is 20.0. The van der Waals surface area contributed by atoms with Crippen molar-refractivity contribution in [3.05, 3.63) is 42.2 Å². The first-order valence-corrected chi connectivity index (χ1v) is 9.30. The molecule has 1 saturated carbocycles. The molecule has 2 aromatic heterocycles. The van der Waals surface area contributed by atoms with Crippen molar-refractivity contribution in [1.29, 1.82) is 0 Å². The monoisotopic (exact) mass is 404 g/mol. The molecule has 2 heterocycles. The van der Waals surface area contributed by atoms with Gasteiger partial charge in [-0.2, -0.15) is 13.2 Å². The van der Waals surface area contributed by atoms with Gasteiger partial charge in [-0.05, 0) is 37.1 Å². The fourth-order valence-corrected chi connectivity index (χ4v) is 3.67. The molecule has 1 aliphatic carbocycles. The van der Waals surface area contributed by atoms with Crippen LogP contribution in [0.3, 0.4) is 0 Å². The van der Waals surface area contributed by atoms with Crippen LogP contribution in [0.15, 0.2) is 36.7 Å². The van der Waals surface area contributed by atoms with Crippen LogP contribution < -0.4 is 5.32 Å². The number of phenols is 1. The molecule has 0 aliphatic heterocycles. The lowest BCUT2D eigenvalue weighted by molar-refractivity contribution is -0.137. The van der Waals surface area contributed by atoms with Gasteiger partial charge in [0.15, 0.2) is 5.82 Å². The molecule has 9 heteroatoms. The Bertz CT molecular complexity index is 1040. The van der Waals surface area contributed by atoms with E-state index >= 15 is 0 Å². The number of benzene rings is 1. The van der Waals surface area contributed by atoms with Gasteiger partial charge in [0, 0.05) is 28.7 Å². The second-order valence-corrected chi connectivity index (χ2v) is 7.15. The molecule has 0 bridgehead atoms. The Labute approximate surface area is 164 Å². The maximum Gasteiger partial charge on any atom is 0.416 e. The Morgan fingerprint density at radius 3 is 2.55 bits per heavy atom. The summed E-state index contributed by atoms with van der Waals surface area (Å²) in [6, 6.07) is 4.30. The average molecular weight is 404 g/mol. The first kappa shape index (κ1) is 19.4. The molecule has 1 aromatic carbocycles. The summed E-state index contributed by atoms with van der Waals surface area (Å²) in [5.41, 5.74) is -0.583. The van der Waals surface area contributed by atoms with E-state index in [4.69, 9.17) is 0 Å². The number of aliphatic hydroxyl groups excluding tert-OH is 1. The molecule has 2 atom stereocenters. The molecular weight excluding hydrogens is 385 g/mol. The SMILES string of the molecule is Oc1cc(C(F)(F)F)ccc1-c1nnc(N[C@@H]2CCCC[C@H]2O)c2ccncc12. The Hall–Kier alpha value is -2.94. The zero-order valence-electron chi connectivity index (χ0n) is 15.3. The summed E-state index contributed by atoms with van der Waals surface area (Å²) >= 11 is 0. The number of nitrogens with one attached hydrogen (secondary N) is 1. The first-order chi connectivity index (χ1) is 13.8. The molecule has 4 rings (SSSR count). The molecule has 29 heavy (non-hydrogen) atoms. The van der Waals surface area contributed by atoms with Gasteiger partial charge in [0.1, 0.15) is 11.4 Å². The van der Waals surface area contributed by atoms with Gasteiger partial charge in [0.05, 0.1) is 17.7 Å². The number of halogens is 3. The summed E-state index contributed by atoms with van der Waals surface area (Å²) in [7, 11) is 0. The molecule has 0 radical (unpaired) electrons. The van der Waals surface area contributed by atoms with Crippen molar-refractivity contribution in [3.63, 3.8) is 0 Å². The predicted molar refractivity (Wildman–Crippen MR) is 101 cm³/mol. The Balaban J connectivity index is 1.76. The summed E-state index contributed by atoms with van der Waals surface area (Å²) in [6.45, 7) is 0. The molecular formula is C20H19F3N4O2. The van der Waals surface area contributed by atoms with E-state index in [1.54, 1.807) is 12.3 Å². The summed E-state index contributed by atoms with van der Waals surface area (Å²) in [5, 5.41) is 33.2. The third-order valence-electron chi connectivity index (χ3n) is 5.21. The summed E-state index contributed by atoms with van der Waals surface area (Å²) in [4.78, 5) is 4.08. The standard InChI is InChI=1S/C20H19F3N4O2/c21-20(22,23)11-5-6-13(17(29)9-11)18-14-10-24-8-7-12(14)19(27-26-18)25-15-3-1-2-4-16(15)28/h5-10,15-16,28-29H,1-4H2,(H,25,27)/t15-,16-/m1/s1. The van der Waals surface area contributed by atoms with Crippen LogP contribution in [0.2, 0.25) is 0 Å². The van der Waals surface area contributed by atoms with Crippen LogP contribution in [-0.4, -0.2) is 37.5 Å². The number of hydrogen-bond acceptors (Lipinski definition) is 6. The van der Waals surface area contributed by atoms with E-state index in [2.05, 4.69) is 20.5 Å². The number of fused-ring (bicyclic) bond motifs is 1. The second kappa shape index (κ2) is 7.47. The summed E-state index contributed by atoms with van der Waals surface area (Å²) < 4.78 is 38.7. The quantitative estimate of drug-likeness (QED) is 0.608. The zero-order valence-corrected chi connectivity index (χ0v) is 15.3. The highest BCUT2D eigenvalue weighted by Crippen LogP contribution is 2.38. The van der Waals surface area contributed by atoms with E-state index in [0.29, 0.717) is 29.1 Å². The summed E-state index contributed by atoms with van der Waals surface area (Å²) in [6.07, 6.45) is 1.54. The van der Waals surface area contributed by atoms with E-state index in [9.17, 15) is 23.4 Å². The van der Waals surface area contributed by atoms with Crippen molar-refractivity contribution in [1.82, 2.24) is 15.2 Å². The molecule has 0 spiro atoms. The molecule has 3 N–H and O–H groups in total. The lowest BCUT2D eigenvalue weighted by Gasteiger charge is -2.29. The van der Waals surface area contributed by atoms with Gasteiger partial charge in [-0.3, -0.25) is 4.98 Å². The molecule has 0 saturated heterocycles. The van der Waals surface area contributed by atoms with E-state index in [1.165, 1.54) is 12.3 Å². The highest BCUT2D eigenvalue weighted by Gasteiger charge is 2.31. The number of aromatic nitrogens is 3. The minimum Gasteiger partial charge on any atom is -0.507 e. The van der Waals surface area contributed by atoms with E-state index in [1.807, 2.05) is 0 Å². The van der Waals surface area contributed by atoms with Crippen LogP contribution in [-0.2, 0) is 6.18 Å². The first-order valence-electron chi connectivity index (χ1n) is 9.30. The third-order valence-corrected chi connectivity index (χ3v) is 5.21. The highest BCUT2D eigenvalue weighted by molar-refractivity contribution is 6.00. The van der Waals surface area contributed by atoms with Crippen LogP contribution in [0.25, 0.3) is 22.0 Å². The van der Waals surface area contributed by atoms with Crippen molar-refractivity contribution in [2.24, 2.45) is 0 Å². The minimum absolute atomic E-state index is 0.132. The molecule has 0 unspecified atom stereocenters. The topological polar surface area (TPSA) is 91.2 Å². The minimum atomic E-state index is -4.56. The van der Waals surface area contributed by atoms with Crippen LogP contribution in [0, 0.1) is 0 Å². The van der Waals surface area contributed by atoms with Crippen LogP contribution in [0.1, 0.15) is 31.2 Å². The zero-order chi connectivity index (χ0) is 20.6. The number of anilines is 1. The van der Waals surface area contributed by atoms with E-state index in [-0.39, 0.29) is 17.3 Å². The van der Waals surface area contributed by atoms with Gasteiger partial charge in [0.2, 0.25) is 0 Å². The van der Waals surface area contributed by atoms with Gasteiger partial charge in [-0.1, -0.05) is 12.8 Å². The lowest BCUT2D eigenvalue weighted by atomic mass is 9.92. The number of pyridine rings is 1. The largest absolute Gasteiger partial charge is 0.507 e. The van der Waals surface area contributed by atoms with Crippen molar-refractivity contribution in [3.8, 4) is 17.0 Å². The number of aromatic hydroxyl groups is 1. The van der Waals surface area contributed by atoms with Crippen molar-refractivity contribution >= 4 is 16.6 Å². The molecule has 152 valence electrons. The molecule has 6 nitrogen and oxygen atoms in total. The van der Waals surface area contributed by atoms with Crippen molar-refractivity contribution < 1.29 is 23.4 Å². The number of alkyl halides is 3. The van der Waals surface area contributed by atoms with E-state index < -0.39 is 23.6 Å². The molecule has 0 amide bonds. The molecule has 3 aromatic rings. The average Bonchev–Trinajstić information content (AvgIpc) is 2.69. The fourth-order valence-electron chi connectivity index (χ4n) is 3.67. The predicted octanol–water partition coefficient (Wildman–Crippen LogP) is 4.13. The van der Waals surface area contributed by atoms with Gasteiger partial charge in [-0.15, -0.1) is 10.2 Å². The maximum absolute atomic E-state index is 12.9. The maximum atomic E-state index is 12.9. The highest BCUT2D eigenvalue weighted by atomic mass is 19.4. The number of rotatable bonds is 3. The third kappa shape index (κ3) is 3.82. The second-order valence-electron chi connectivity index (χ2n) is 7.15. The van der Waals surface area contributed by atoms with Gasteiger partial charge in [0.25, 0.3) is 0 Å². The number of aliphatic hydroxyl groups is 1. The molecule has 1 aliphatic rings. The lowest BCUT2D eigenvalue weighted by Crippen LogP contribution is -2.36. The Kier molecular flexibility index (Phi) is 4.99. The fraction of sp³-hybridized carbons (Fsp3) is 0.350. The van der Waals surface area contributed by atoms with Crippen molar-refractivity contribution in [2.75, 3.05) is 5.32 Å². The van der Waals surface area contributed by atoms with E-state index in [0.717, 1.165) is 25.3 Å². The van der Waals surface area contributed by atoms with Crippen molar-refractivity contribution in [2.45, 2.75) is 44.0 Å².